The van der Waals surface area contributed by atoms with Gasteiger partial charge in [-0.15, -0.1) is 0 Å². The van der Waals surface area contributed by atoms with E-state index in [9.17, 15) is 9.59 Å². The molecule has 0 bridgehead atoms. The molecule has 28 heavy (non-hydrogen) atoms. The summed E-state index contributed by atoms with van der Waals surface area (Å²) in [6.07, 6.45) is 0. The summed E-state index contributed by atoms with van der Waals surface area (Å²) in [5.41, 5.74) is 2.06. The van der Waals surface area contributed by atoms with Crippen molar-refractivity contribution in [2.24, 2.45) is 0 Å². The predicted molar refractivity (Wildman–Crippen MR) is 109 cm³/mol. The van der Waals surface area contributed by atoms with E-state index in [0.29, 0.717) is 48.9 Å². The zero-order valence-corrected chi connectivity index (χ0v) is 17.0. The number of ether oxygens (including phenoxy) is 2. The van der Waals surface area contributed by atoms with Crippen LogP contribution in [0.4, 0.5) is 0 Å². The molecule has 6 heteroatoms. The molecule has 2 aromatic rings. The number of nitrogens with one attached hydrogen (secondary N) is 1. The summed E-state index contributed by atoms with van der Waals surface area (Å²) in [4.78, 5) is 26.5. The first-order valence-corrected chi connectivity index (χ1v) is 9.51. The van der Waals surface area contributed by atoms with Crippen molar-refractivity contribution in [1.82, 2.24) is 10.2 Å². The molecule has 0 unspecified atom stereocenters. The Morgan fingerprint density at radius 1 is 0.929 bits per heavy atom. The third kappa shape index (κ3) is 5.25. The largest absolute Gasteiger partial charge is 0.493 e. The van der Waals surface area contributed by atoms with Gasteiger partial charge >= 0.3 is 0 Å². The molecule has 0 aliphatic carbocycles. The van der Waals surface area contributed by atoms with Crippen LogP contribution in [0.15, 0.2) is 42.5 Å². The molecule has 0 spiro atoms. The van der Waals surface area contributed by atoms with Crippen LogP contribution >= 0.6 is 0 Å². The van der Waals surface area contributed by atoms with Gasteiger partial charge in [-0.3, -0.25) is 9.59 Å². The summed E-state index contributed by atoms with van der Waals surface area (Å²) < 4.78 is 10.8. The van der Waals surface area contributed by atoms with Crippen molar-refractivity contribution in [3.8, 4) is 11.5 Å². The smallest absolute Gasteiger partial charge is 0.253 e. The lowest BCUT2D eigenvalue weighted by molar-refractivity contribution is 0.0772. The van der Waals surface area contributed by atoms with Gasteiger partial charge < -0.3 is 19.7 Å². The maximum absolute atomic E-state index is 12.4. The normalized spacial score (nSPS) is 10.3. The molecule has 6 nitrogen and oxygen atoms in total. The summed E-state index contributed by atoms with van der Waals surface area (Å²) in [5.74, 6) is 0.940. The van der Waals surface area contributed by atoms with E-state index in [1.165, 1.54) is 0 Å². The van der Waals surface area contributed by atoms with Gasteiger partial charge in [0.2, 0.25) is 0 Å². The van der Waals surface area contributed by atoms with Crippen molar-refractivity contribution in [2.75, 3.05) is 26.8 Å². The summed E-state index contributed by atoms with van der Waals surface area (Å²) in [6, 6.07) is 12.4. The lowest BCUT2D eigenvalue weighted by Crippen LogP contribution is -2.30. The first-order chi connectivity index (χ1) is 13.5. The van der Waals surface area contributed by atoms with Gasteiger partial charge in [-0.25, -0.2) is 0 Å². The zero-order chi connectivity index (χ0) is 20.5. The fraction of sp³-hybridized carbons (Fsp3) is 0.364. The molecule has 0 radical (unpaired) electrons. The zero-order valence-electron chi connectivity index (χ0n) is 17.0. The minimum absolute atomic E-state index is 0.0158. The minimum Gasteiger partial charge on any atom is -0.493 e. The number of methoxy groups -OCH3 is 1. The molecule has 0 aromatic heterocycles. The highest BCUT2D eigenvalue weighted by molar-refractivity contribution is 5.95. The van der Waals surface area contributed by atoms with Gasteiger partial charge in [-0.1, -0.05) is 12.1 Å². The van der Waals surface area contributed by atoms with Crippen molar-refractivity contribution in [3.63, 3.8) is 0 Å². The molecule has 0 saturated carbocycles. The second kappa shape index (κ2) is 10.3. The second-order valence-corrected chi connectivity index (χ2v) is 6.16. The van der Waals surface area contributed by atoms with Crippen molar-refractivity contribution in [2.45, 2.75) is 27.3 Å². The maximum Gasteiger partial charge on any atom is 0.253 e. The van der Waals surface area contributed by atoms with E-state index in [-0.39, 0.29) is 11.8 Å². The third-order valence-corrected chi connectivity index (χ3v) is 4.43. The molecule has 2 aromatic carbocycles. The molecule has 2 rings (SSSR count). The van der Waals surface area contributed by atoms with Crippen LogP contribution in [-0.4, -0.2) is 43.5 Å². The van der Waals surface area contributed by atoms with Gasteiger partial charge in [0.25, 0.3) is 11.8 Å². The summed E-state index contributed by atoms with van der Waals surface area (Å²) in [6.45, 7) is 8.06. The molecular weight excluding hydrogens is 356 g/mol. The summed E-state index contributed by atoms with van der Waals surface area (Å²) >= 11 is 0. The van der Waals surface area contributed by atoms with E-state index in [2.05, 4.69) is 5.32 Å². The highest BCUT2D eigenvalue weighted by Gasteiger charge is 2.13. The number of nitrogens with zero attached hydrogens (tertiary/aromatic N) is 1. The quantitative estimate of drug-likeness (QED) is 0.718. The van der Waals surface area contributed by atoms with Gasteiger partial charge in [-0.2, -0.15) is 0 Å². The van der Waals surface area contributed by atoms with Crippen LogP contribution in [0.25, 0.3) is 0 Å². The SMILES string of the molecule is CCOc1ccc(C(=O)NCc2ccc(C(=O)N(CC)CC)cc2)cc1OC. The van der Waals surface area contributed by atoms with E-state index in [0.717, 1.165) is 5.56 Å². The lowest BCUT2D eigenvalue weighted by Gasteiger charge is -2.18. The Kier molecular flexibility index (Phi) is 7.87. The highest BCUT2D eigenvalue weighted by Crippen LogP contribution is 2.28. The van der Waals surface area contributed by atoms with Crippen LogP contribution in [0.1, 0.15) is 47.1 Å². The molecule has 0 atom stereocenters. The molecule has 0 saturated heterocycles. The summed E-state index contributed by atoms with van der Waals surface area (Å²) in [7, 11) is 1.54. The number of carbonyl (C=O) groups excluding carboxylic acids is 2. The second-order valence-electron chi connectivity index (χ2n) is 6.16. The number of amides is 2. The van der Waals surface area contributed by atoms with Gasteiger partial charge in [0.05, 0.1) is 13.7 Å². The van der Waals surface area contributed by atoms with E-state index in [4.69, 9.17) is 9.47 Å². The average molecular weight is 384 g/mol. The van der Waals surface area contributed by atoms with Crippen molar-refractivity contribution in [1.29, 1.82) is 0 Å². The first-order valence-electron chi connectivity index (χ1n) is 9.51. The molecule has 2 amide bonds. The lowest BCUT2D eigenvalue weighted by atomic mass is 10.1. The number of rotatable bonds is 9. The van der Waals surface area contributed by atoms with Gasteiger partial charge in [0.15, 0.2) is 11.5 Å². The van der Waals surface area contributed by atoms with Crippen LogP contribution in [0.2, 0.25) is 0 Å². The third-order valence-electron chi connectivity index (χ3n) is 4.43. The van der Waals surface area contributed by atoms with Crippen molar-refractivity contribution < 1.29 is 19.1 Å². The Hall–Kier alpha value is -3.02. The maximum atomic E-state index is 12.4. The Morgan fingerprint density at radius 3 is 2.14 bits per heavy atom. The monoisotopic (exact) mass is 384 g/mol. The van der Waals surface area contributed by atoms with E-state index in [1.807, 2.05) is 32.9 Å². The Balaban J connectivity index is 2.00. The minimum atomic E-state index is -0.204. The van der Waals surface area contributed by atoms with Crippen molar-refractivity contribution >= 4 is 11.8 Å². The number of benzene rings is 2. The fourth-order valence-electron chi connectivity index (χ4n) is 2.83. The van der Waals surface area contributed by atoms with Gasteiger partial charge in [0.1, 0.15) is 0 Å². The van der Waals surface area contributed by atoms with Gasteiger partial charge in [-0.05, 0) is 56.7 Å². The summed E-state index contributed by atoms with van der Waals surface area (Å²) in [5, 5.41) is 2.88. The molecule has 0 aliphatic rings. The fourth-order valence-corrected chi connectivity index (χ4v) is 2.83. The number of carbonyl (C=O) groups is 2. The highest BCUT2D eigenvalue weighted by atomic mass is 16.5. The Bertz CT molecular complexity index is 799. The predicted octanol–water partition coefficient (Wildman–Crippen LogP) is 3.51. The topological polar surface area (TPSA) is 67.9 Å². The number of hydrogen-bond donors (Lipinski definition) is 1. The Labute approximate surface area is 166 Å². The molecule has 0 fully saturated rings. The standard InChI is InChI=1S/C22H28N2O4/c1-5-24(6-2)22(26)17-10-8-16(9-11-17)15-23-21(25)18-12-13-19(28-7-3)20(14-18)27-4/h8-14H,5-7,15H2,1-4H3,(H,23,25). The van der Waals surface area contributed by atoms with E-state index in [1.54, 1.807) is 42.3 Å². The van der Waals surface area contributed by atoms with Crippen molar-refractivity contribution in [3.05, 3.63) is 59.2 Å². The van der Waals surface area contributed by atoms with E-state index < -0.39 is 0 Å². The van der Waals surface area contributed by atoms with Gasteiger partial charge in [0, 0.05) is 30.8 Å². The molecular formula is C22H28N2O4. The molecule has 1 N–H and O–H groups in total. The molecule has 0 aliphatic heterocycles. The Morgan fingerprint density at radius 2 is 1.57 bits per heavy atom. The van der Waals surface area contributed by atoms with Crippen LogP contribution in [0, 0.1) is 0 Å². The van der Waals surface area contributed by atoms with Crippen LogP contribution in [0.3, 0.4) is 0 Å². The number of hydrogen-bond acceptors (Lipinski definition) is 4. The van der Waals surface area contributed by atoms with Crippen LogP contribution in [0.5, 0.6) is 11.5 Å². The van der Waals surface area contributed by atoms with Crippen LogP contribution < -0.4 is 14.8 Å². The van der Waals surface area contributed by atoms with Crippen LogP contribution in [-0.2, 0) is 6.54 Å². The van der Waals surface area contributed by atoms with E-state index >= 15 is 0 Å². The average Bonchev–Trinajstić information content (AvgIpc) is 2.73. The molecule has 0 heterocycles. The first kappa shape index (κ1) is 21.3. The molecule has 150 valence electrons.